The van der Waals surface area contributed by atoms with Crippen LogP contribution in [0.25, 0.3) is 0 Å². The maximum atomic E-state index is 13.0. The van der Waals surface area contributed by atoms with Crippen molar-refractivity contribution in [3.8, 4) is 0 Å². The Bertz CT molecular complexity index is 1460. The van der Waals surface area contributed by atoms with Crippen molar-refractivity contribution in [2.24, 2.45) is 17.8 Å². The van der Waals surface area contributed by atoms with Gasteiger partial charge < -0.3 is 58.9 Å². The Labute approximate surface area is 369 Å². The first-order valence-corrected chi connectivity index (χ1v) is 16.1. The zero-order chi connectivity index (χ0) is 36.9. The third kappa shape index (κ3) is 10.8. The van der Waals surface area contributed by atoms with Crippen LogP contribution in [0.1, 0.15) is 65.9 Å². The van der Waals surface area contributed by atoms with Crippen LogP contribution >= 0.6 is 0 Å². The Kier molecular flexibility index (Phi) is 20.8. The van der Waals surface area contributed by atoms with E-state index in [2.05, 4.69) is 6.58 Å². The van der Waals surface area contributed by atoms with E-state index in [0.29, 0.717) is 18.8 Å². The number of aliphatic hydroxyl groups is 2. The van der Waals surface area contributed by atoms with Crippen LogP contribution in [0, 0.1) is 17.8 Å². The number of esters is 2. The van der Waals surface area contributed by atoms with E-state index >= 15 is 0 Å². The van der Waals surface area contributed by atoms with Crippen LogP contribution in [-0.2, 0) is 49.3 Å². The molecule has 10 atom stereocenters. The molecule has 0 amide bonds. The number of rotatable bonds is 17. The Morgan fingerprint density at radius 3 is 2.12 bits per heavy atom. The number of hydrogen-bond acceptors (Lipinski definition) is 14. The molecule has 17 heteroatoms. The van der Waals surface area contributed by atoms with Crippen LogP contribution in [0.4, 0.5) is 0 Å². The van der Waals surface area contributed by atoms with Crippen molar-refractivity contribution in [2.45, 2.75) is 108 Å². The average molecular weight is 757 g/mol. The summed E-state index contributed by atoms with van der Waals surface area (Å²) in [6.45, 7) is 12.7. The molecule has 0 aromatic heterocycles. The molecule has 2 bridgehead atoms. The van der Waals surface area contributed by atoms with Gasteiger partial charge in [0.15, 0.2) is 17.3 Å². The Hall–Kier alpha value is -1.11. The molecular formula is C35H43Na3O14. The zero-order valence-electron chi connectivity index (χ0n) is 31.1. The molecule has 2 saturated heterocycles. The first-order valence-electron chi connectivity index (χ1n) is 16.1. The molecule has 1 aromatic carbocycles. The van der Waals surface area contributed by atoms with Gasteiger partial charge in [0.25, 0.3) is 0 Å². The minimum atomic E-state index is -4.13. The maximum Gasteiger partial charge on any atom is 1.00 e. The standard InChI is InChI=1S/C35H46O14.3Na/c1-7-19(2)17-20(3)13-14-25(37)47-28-27(38)33(48-29(30(39)40)34(45,31(41)42)35(28,49-33)32(43)44)16-15-21(4)26(46-23(6)36)22(5)18-24-11-9-8-10-12-24;;;/h8-14,19-20,22,26-29,38,45H,4,7,15-18H2,1-3,5-6H3,(H,39,40)(H,41,42)(H,43,44);;;/q;3*+1/p-3/b14-13+;;;/t19-,20+,22+,26+,27+,28+,29+,33-,34+,35-;;;/m0.../s1. The van der Waals surface area contributed by atoms with Gasteiger partial charge in [-0.1, -0.05) is 77.1 Å². The van der Waals surface area contributed by atoms with Gasteiger partial charge in [-0.05, 0) is 42.2 Å². The fourth-order valence-electron chi connectivity index (χ4n) is 6.55. The number of benzene rings is 1. The first-order chi connectivity index (χ1) is 22.9. The number of carboxylic acid groups (broad SMARTS) is 3. The molecule has 1 aromatic rings. The molecule has 52 heavy (non-hydrogen) atoms. The summed E-state index contributed by atoms with van der Waals surface area (Å²) < 4.78 is 21.7. The molecular weight excluding hydrogens is 713 g/mol. The Morgan fingerprint density at radius 1 is 1.02 bits per heavy atom. The van der Waals surface area contributed by atoms with Crippen molar-refractivity contribution in [1.82, 2.24) is 0 Å². The molecule has 2 N–H and O–H groups in total. The van der Waals surface area contributed by atoms with Crippen molar-refractivity contribution in [2.75, 3.05) is 0 Å². The van der Waals surface area contributed by atoms with Crippen molar-refractivity contribution in [3.05, 3.63) is 60.2 Å². The second-order valence-electron chi connectivity index (χ2n) is 13.1. The predicted molar refractivity (Wildman–Crippen MR) is 163 cm³/mol. The molecule has 0 saturated carbocycles. The number of allylic oxidation sites excluding steroid dienone is 1. The smallest absolute Gasteiger partial charge is 0.547 e. The summed E-state index contributed by atoms with van der Waals surface area (Å²) in [6.07, 6.45) is -5.59. The molecule has 2 heterocycles. The van der Waals surface area contributed by atoms with Crippen LogP contribution in [0.3, 0.4) is 0 Å². The number of aliphatic carboxylic acids is 3. The van der Waals surface area contributed by atoms with Gasteiger partial charge in [-0.2, -0.15) is 0 Å². The van der Waals surface area contributed by atoms with Gasteiger partial charge >= 0.3 is 101 Å². The van der Waals surface area contributed by atoms with Crippen molar-refractivity contribution < 1.29 is 157 Å². The number of ether oxygens (including phenoxy) is 4. The normalized spacial score (nSPS) is 28.4. The minimum absolute atomic E-state index is 0. The van der Waals surface area contributed by atoms with Crippen LogP contribution in [-0.4, -0.2) is 81.5 Å². The SMILES string of the molecule is C=C(CC[C@]12O[C@H](C(=O)[O-])[C@@](O)(C(=O)[O-])[C@](C(=O)[O-])(O1)[C@H](OC(=O)/C=C/[C@@H](C)C[C@@H](C)CC)[C@H]2O)[C@@H](OC(C)=O)[C@H](C)Cc1ccccc1.[Na+].[Na+].[Na+]. The number of hydrogen-bond donors (Lipinski definition) is 2. The van der Waals surface area contributed by atoms with E-state index < -0.39 is 77.7 Å². The molecule has 0 spiro atoms. The van der Waals surface area contributed by atoms with E-state index in [1.54, 1.807) is 13.8 Å². The molecule has 0 radical (unpaired) electrons. The van der Waals surface area contributed by atoms with Crippen molar-refractivity contribution in [1.29, 1.82) is 0 Å². The molecule has 2 aliphatic rings. The van der Waals surface area contributed by atoms with Crippen LogP contribution in [0.5, 0.6) is 0 Å². The summed E-state index contributed by atoms with van der Waals surface area (Å²) in [5.74, 6) is -12.6. The van der Waals surface area contributed by atoms with E-state index in [1.807, 2.05) is 44.2 Å². The third-order valence-corrected chi connectivity index (χ3v) is 9.25. The van der Waals surface area contributed by atoms with E-state index in [-0.39, 0.29) is 113 Å². The third-order valence-electron chi connectivity index (χ3n) is 9.25. The topological polar surface area (TPSA) is 232 Å². The number of aliphatic hydroxyl groups excluding tert-OH is 1. The summed E-state index contributed by atoms with van der Waals surface area (Å²) in [5, 5.41) is 60.2. The van der Waals surface area contributed by atoms with E-state index in [0.717, 1.165) is 18.1 Å². The van der Waals surface area contributed by atoms with Crippen LogP contribution < -0.4 is 104 Å². The minimum Gasteiger partial charge on any atom is -0.547 e. The molecule has 14 nitrogen and oxygen atoms in total. The largest absolute Gasteiger partial charge is 1.00 e. The Morgan fingerprint density at radius 2 is 1.62 bits per heavy atom. The van der Waals surface area contributed by atoms with Crippen LogP contribution in [0.2, 0.25) is 0 Å². The van der Waals surface area contributed by atoms with Crippen LogP contribution in [0.15, 0.2) is 54.6 Å². The molecule has 270 valence electrons. The summed E-state index contributed by atoms with van der Waals surface area (Å²) >= 11 is 0. The van der Waals surface area contributed by atoms with E-state index in [9.17, 15) is 49.5 Å². The van der Waals surface area contributed by atoms with Gasteiger partial charge in [-0.15, -0.1) is 0 Å². The number of fused-ring (bicyclic) bond motifs is 2. The van der Waals surface area contributed by atoms with Gasteiger partial charge in [-0.25, -0.2) is 4.79 Å². The molecule has 2 fully saturated rings. The van der Waals surface area contributed by atoms with E-state index in [1.165, 1.54) is 13.0 Å². The average Bonchev–Trinajstić information content (AvgIpc) is 3.25. The fraction of sp³-hybridized carbons (Fsp3) is 0.571. The number of carboxylic acids is 3. The summed E-state index contributed by atoms with van der Waals surface area (Å²) in [5.41, 5.74) is -6.78. The quantitative estimate of drug-likeness (QED) is 0.0651. The van der Waals surface area contributed by atoms with Crippen molar-refractivity contribution in [3.63, 3.8) is 0 Å². The molecule has 2 aliphatic heterocycles. The monoisotopic (exact) mass is 756 g/mol. The molecule has 0 unspecified atom stereocenters. The first kappa shape index (κ1) is 50.9. The Balaban J connectivity index is 0.00000867. The maximum absolute atomic E-state index is 13.0. The van der Waals surface area contributed by atoms with E-state index in [4.69, 9.17) is 18.9 Å². The zero-order valence-corrected chi connectivity index (χ0v) is 37.1. The van der Waals surface area contributed by atoms with Gasteiger partial charge in [0.1, 0.15) is 18.3 Å². The second-order valence-corrected chi connectivity index (χ2v) is 13.1. The molecule has 0 aliphatic carbocycles. The number of carbonyl (C=O) groups is 5. The summed E-state index contributed by atoms with van der Waals surface area (Å²) in [6, 6.07) is 9.21. The summed E-state index contributed by atoms with van der Waals surface area (Å²) in [4.78, 5) is 62.4. The van der Waals surface area contributed by atoms with Crippen molar-refractivity contribution >= 4 is 29.8 Å². The summed E-state index contributed by atoms with van der Waals surface area (Å²) in [7, 11) is 0. The fourth-order valence-corrected chi connectivity index (χ4v) is 6.55. The van der Waals surface area contributed by atoms with Gasteiger partial charge in [0.05, 0.1) is 17.9 Å². The van der Waals surface area contributed by atoms with Gasteiger partial charge in [0.2, 0.25) is 5.79 Å². The van der Waals surface area contributed by atoms with Gasteiger partial charge in [0, 0.05) is 25.3 Å². The second kappa shape index (κ2) is 21.3. The molecule has 3 rings (SSSR count). The van der Waals surface area contributed by atoms with Gasteiger partial charge in [-0.3, -0.25) is 4.79 Å². The predicted octanol–water partition coefficient (Wildman–Crippen LogP) is -10.1. The number of carbonyl (C=O) groups excluding carboxylic acids is 5.